The maximum Gasteiger partial charge on any atom is 0.311 e. The van der Waals surface area contributed by atoms with Gasteiger partial charge < -0.3 is 23.5 Å². The third kappa shape index (κ3) is 5.48. The topological polar surface area (TPSA) is 74.0 Å². The number of methoxy groups -OCH3 is 2. The van der Waals surface area contributed by atoms with E-state index in [0.29, 0.717) is 32.2 Å². The number of hydrogen-bond donors (Lipinski definition) is 0. The zero-order valence-corrected chi connectivity index (χ0v) is 17.0. The molecule has 7 nitrogen and oxygen atoms in total. The van der Waals surface area contributed by atoms with Crippen molar-refractivity contribution in [2.45, 2.75) is 6.42 Å². The Morgan fingerprint density at radius 1 is 1.14 bits per heavy atom. The van der Waals surface area contributed by atoms with Gasteiger partial charge in [0, 0.05) is 14.2 Å². The molecule has 0 saturated carbocycles. The van der Waals surface area contributed by atoms with Gasteiger partial charge in [0.1, 0.15) is 17.9 Å². The number of carbonyl (C=O) groups excluding carboxylic acids is 1. The van der Waals surface area contributed by atoms with Crippen LogP contribution in [0.2, 0.25) is 0 Å². The minimum atomic E-state index is -0.318. The second kappa shape index (κ2) is 9.93. The average Bonchev–Trinajstić information content (AvgIpc) is 3.18. The predicted octanol–water partition coefficient (Wildman–Crippen LogP) is 3.32. The fourth-order valence-electron chi connectivity index (χ4n) is 3.00. The fourth-order valence-corrected chi connectivity index (χ4v) is 3.00. The molecule has 0 aliphatic rings. The first-order chi connectivity index (χ1) is 14.1. The van der Waals surface area contributed by atoms with E-state index >= 15 is 0 Å². The van der Waals surface area contributed by atoms with Crippen LogP contribution < -0.4 is 9.64 Å². The first kappa shape index (κ1) is 20.7. The summed E-state index contributed by atoms with van der Waals surface area (Å²) < 4.78 is 21.5. The maximum atomic E-state index is 11.8. The highest BCUT2D eigenvalue weighted by Crippen LogP contribution is 2.21. The van der Waals surface area contributed by atoms with E-state index in [1.807, 2.05) is 60.5 Å². The second-order valence-corrected chi connectivity index (χ2v) is 6.76. The van der Waals surface area contributed by atoms with Crippen LogP contribution in [0.5, 0.6) is 5.75 Å². The lowest BCUT2D eigenvalue weighted by molar-refractivity contribution is -0.147. The highest BCUT2D eigenvalue weighted by atomic mass is 16.5. The number of rotatable bonds is 10. The summed E-state index contributed by atoms with van der Waals surface area (Å²) in [4.78, 5) is 18.2. The molecule has 29 heavy (non-hydrogen) atoms. The zero-order chi connectivity index (χ0) is 20.6. The maximum absolute atomic E-state index is 11.8. The molecule has 1 heterocycles. The predicted molar refractivity (Wildman–Crippen MR) is 110 cm³/mol. The molecular formula is C22H26N2O5. The van der Waals surface area contributed by atoms with E-state index in [9.17, 15) is 4.79 Å². The van der Waals surface area contributed by atoms with Crippen molar-refractivity contribution in [1.82, 2.24) is 4.98 Å². The van der Waals surface area contributed by atoms with E-state index in [-0.39, 0.29) is 11.9 Å². The highest BCUT2D eigenvalue weighted by molar-refractivity contribution is 5.74. The van der Waals surface area contributed by atoms with Gasteiger partial charge in [0.05, 0.1) is 26.2 Å². The first-order valence-corrected chi connectivity index (χ1v) is 9.46. The van der Waals surface area contributed by atoms with Crippen LogP contribution in [0.3, 0.4) is 0 Å². The zero-order valence-electron chi connectivity index (χ0n) is 17.0. The summed E-state index contributed by atoms with van der Waals surface area (Å²) in [7, 11) is 4.88. The molecule has 0 bridgehead atoms. The molecule has 3 rings (SSSR count). The smallest absolute Gasteiger partial charge is 0.311 e. The van der Waals surface area contributed by atoms with Crippen molar-refractivity contribution in [2.24, 2.45) is 5.92 Å². The quantitative estimate of drug-likeness (QED) is 0.485. The number of aromatic nitrogens is 1. The van der Waals surface area contributed by atoms with Gasteiger partial charge in [-0.3, -0.25) is 4.79 Å². The van der Waals surface area contributed by atoms with E-state index in [4.69, 9.17) is 18.6 Å². The number of para-hydroxylation sites is 2. The van der Waals surface area contributed by atoms with Gasteiger partial charge in [0.15, 0.2) is 5.58 Å². The lowest BCUT2D eigenvalue weighted by Gasteiger charge is -2.16. The fraction of sp³-hybridized carbons (Fsp3) is 0.364. The Kier molecular flexibility index (Phi) is 7.08. The Morgan fingerprint density at radius 3 is 2.59 bits per heavy atom. The summed E-state index contributed by atoms with van der Waals surface area (Å²) >= 11 is 0. The van der Waals surface area contributed by atoms with Crippen molar-refractivity contribution in [3.63, 3.8) is 0 Å². The van der Waals surface area contributed by atoms with Crippen molar-refractivity contribution in [1.29, 1.82) is 0 Å². The Balaban J connectivity index is 1.50. The van der Waals surface area contributed by atoms with E-state index in [0.717, 1.165) is 22.4 Å². The largest absolute Gasteiger partial charge is 0.492 e. The molecule has 3 aromatic rings. The van der Waals surface area contributed by atoms with Crippen molar-refractivity contribution in [3.8, 4) is 5.75 Å². The number of nitrogens with zero attached hydrogens (tertiary/aromatic N) is 2. The number of oxazole rings is 1. The van der Waals surface area contributed by atoms with Gasteiger partial charge in [-0.05, 0) is 36.2 Å². The number of fused-ring (bicyclic) bond motifs is 1. The number of esters is 1. The molecule has 0 radical (unpaired) electrons. The van der Waals surface area contributed by atoms with Crippen molar-refractivity contribution in [2.75, 3.05) is 45.9 Å². The lowest BCUT2D eigenvalue weighted by atomic mass is 10.00. The van der Waals surface area contributed by atoms with Crippen LogP contribution in [-0.2, 0) is 20.7 Å². The van der Waals surface area contributed by atoms with E-state index in [2.05, 4.69) is 4.98 Å². The van der Waals surface area contributed by atoms with Crippen molar-refractivity contribution in [3.05, 3.63) is 54.1 Å². The minimum Gasteiger partial charge on any atom is -0.492 e. The molecule has 0 aliphatic heterocycles. The van der Waals surface area contributed by atoms with Gasteiger partial charge in [0.25, 0.3) is 6.01 Å². The van der Waals surface area contributed by atoms with Gasteiger partial charge in [-0.15, -0.1) is 0 Å². The van der Waals surface area contributed by atoms with E-state index in [1.165, 1.54) is 7.11 Å². The molecule has 1 unspecified atom stereocenters. The first-order valence-electron chi connectivity index (χ1n) is 9.46. The second-order valence-electron chi connectivity index (χ2n) is 6.76. The molecular weight excluding hydrogens is 372 g/mol. The van der Waals surface area contributed by atoms with E-state index in [1.54, 1.807) is 7.11 Å². The van der Waals surface area contributed by atoms with Crippen LogP contribution in [0.25, 0.3) is 11.1 Å². The van der Waals surface area contributed by atoms with Gasteiger partial charge in [-0.25, -0.2) is 0 Å². The van der Waals surface area contributed by atoms with Crippen LogP contribution in [0, 0.1) is 5.92 Å². The van der Waals surface area contributed by atoms with Gasteiger partial charge in [0.2, 0.25) is 0 Å². The van der Waals surface area contributed by atoms with Crippen molar-refractivity contribution < 1.29 is 23.4 Å². The summed E-state index contributed by atoms with van der Waals surface area (Å²) in [5.74, 6) is 0.178. The van der Waals surface area contributed by atoms with Crippen LogP contribution in [-0.4, -0.2) is 52.0 Å². The Morgan fingerprint density at radius 2 is 1.90 bits per heavy atom. The summed E-state index contributed by atoms with van der Waals surface area (Å²) in [6.07, 6.45) is 0.557. The van der Waals surface area contributed by atoms with Crippen LogP contribution in [0.1, 0.15) is 5.56 Å². The molecule has 0 saturated heterocycles. The summed E-state index contributed by atoms with van der Waals surface area (Å²) in [5.41, 5.74) is 2.63. The summed E-state index contributed by atoms with van der Waals surface area (Å²) in [6, 6.07) is 15.9. The third-order valence-corrected chi connectivity index (χ3v) is 4.61. The number of anilines is 1. The molecule has 1 aromatic heterocycles. The molecule has 7 heteroatoms. The molecule has 0 N–H and O–H groups in total. The van der Waals surface area contributed by atoms with Gasteiger partial charge >= 0.3 is 5.97 Å². The number of carbonyl (C=O) groups is 1. The van der Waals surface area contributed by atoms with Crippen LogP contribution in [0.15, 0.2) is 52.9 Å². The molecule has 154 valence electrons. The Hall–Kier alpha value is -3.06. The molecule has 2 aromatic carbocycles. The van der Waals surface area contributed by atoms with Crippen LogP contribution >= 0.6 is 0 Å². The monoisotopic (exact) mass is 398 g/mol. The number of benzene rings is 2. The molecule has 0 amide bonds. The number of ether oxygens (including phenoxy) is 3. The number of hydrogen-bond acceptors (Lipinski definition) is 7. The van der Waals surface area contributed by atoms with Gasteiger partial charge in [-0.1, -0.05) is 24.3 Å². The summed E-state index contributed by atoms with van der Waals surface area (Å²) in [5, 5.41) is 0. The van der Waals surface area contributed by atoms with Crippen molar-refractivity contribution >= 4 is 23.1 Å². The average molecular weight is 398 g/mol. The SMILES string of the molecule is COCC(Cc1ccc(OCCN(C)c2nc3ccccc3o2)cc1)C(=O)OC. The number of likely N-dealkylation sites (N-methyl/N-ethyl adjacent to an activating group) is 1. The molecule has 0 aliphatic carbocycles. The van der Waals surface area contributed by atoms with Crippen LogP contribution in [0.4, 0.5) is 6.01 Å². The normalized spacial score (nSPS) is 12.0. The minimum absolute atomic E-state index is 0.269. The molecule has 0 spiro atoms. The Bertz CT molecular complexity index is 889. The third-order valence-electron chi connectivity index (χ3n) is 4.61. The summed E-state index contributed by atoms with van der Waals surface area (Å²) in [6.45, 7) is 1.45. The standard InChI is InChI=1S/C22H26N2O5/c1-24(22-23-19-6-4-5-7-20(19)29-22)12-13-28-18-10-8-16(9-11-18)14-17(15-26-2)21(25)27-3/h4-11,17H,12-15H2,1-3H3. The van der Waals surface area contributed by atoms with Gasteiger partial charge in [-0.2, -0.15) is 4.98 Å². The molecule has 0 fully saturated rings. The molecule has 1 atom stereocenters. The lowest BCUT2D eigenvalue weighted by Crippen LogP contribution is -2.24. The highest BCUT2D eigenvalue weighted by Gasteiger charge is 2.19. The van der Waals surface area contributed by atoms with E-state index < -0.39 is 0 Å². The Labute approximate surface area is 170 Å².